The maximum absolute atomic E-state index is 7.18. The first-order valence-corrected chi connectivity index (χ1v) is 23.4. The zero-order valence-corrected chi connectivity index (χ0v) is 36.3. The minimum atomic E-state index is -0.322. The van der Waals surface area contributed by atoms with Crippen molar-refractivity contribution in [3.05, 3.63) is 211 Å². The molecule has 0 N–H and O–H groups in total. The van der Waals surface area contributed by atoms with E-state index in [1.165, 1.54) is 63.4 Å². The van der Waals surface area contributed by atoms with E-state index in [1.807, 2.05) is 11.3 Å². The van der Waals surface area contributed by atoms with E-state index in [9.17, 15) is 0 Å². The molecule has 4 nitrogen and oxygen atoms in total. The fourth-order valence-electron chi connectivity index (χ4n) is 11.1. The monoisotopic (exact) mass is 849 g/mol. The molecule has 1 aliphatic heterocycles. The second kappa shape index (κ2) is 14.1. The van der Waals surface area contributed by atoms with Crippen LogP contribution in [0.15, 0.2) is 209 Å². The molecule has 1 aliphatic rings. The third-order valence-corrected chi connectivity index (χ3v) is 15.1. The fraction of sp³-hybridized carbons (Fsp3) is 0.0667. The molecular formula is C60H39N3OS. The Bertz CT molecular complexity index is 4200. The SMILES string of the molecule is CCC1C(c2cccc3sc4ccccc4c23)=NC(c2cccc3ccccc23)=NC1c1ccc2c(oc3ccccc32)c1-n1c2cc3ccccc3cc2c2ccc3ccccc3c21. The Balaban J connectivity index is 1.14. The molecule has 10 aromatic carbocycles. The van der Waals surface area contributed by atoms with Gasteiger partial charge < -0.3 is 8.98 Å². The van der Waals surface area contributed by atoms with Gasteiger partial charge in [0.25, 0.3) is 0 Å². The molecule has 0 aliphatic carbocycles. The van der Waals surface area contributed by atoms with Gasteiger partial charge in [-0.05, 0) is 69.8 Å². The van der Waals surface area contributed by atoms with Gasteiger partial charge >= 0.3 is 0 Å². The predicted molar refractivity (Wildman–Crippen MR) is 276 cm³/mol. The number of nitrogens with zero attached hydrogens (tertiary/aromatic N) is 3. The van der Waals surface area contributed by atoms with Gasteiger partial charge in [-0.1, -0.05) is 165 Å². The fourth-order valence-corrected chi connectivity index (χ4v) is 12.2. The number of aromatic nitrogens is 1. The van der Waals surface area contributed by atoms with Gasteiger partial charge in [-0.25, -0.2) is 4.99 Å². The van der Waals surface area contributed by atoms with Crippen LogP contribution >= 0.6 is 11.3 Å². The summed E-state index contributed by atoms with van der Waals surface area (Å²) >= 11 is 1.85. The van der Waals surface area contributed by atoms with E-state index >= 15 is 0 Å². The van der Waals surface area contributed by atoms with Gasteiger partial charge in [-0.2, -0.15) is 0 Å². The quantitative estimate of drug-likeness (QED) is 0.170. The van der Waals surface area contributed by atoms with Crippen molar-refractivity contribution in [3.8, 4) is 5.69 Å². The van der Waals surface area contributed by atoms with Crippen LogP contribution in [0, 0.1) is 5.92 Å². The number of benzene rings is 10. The highest BCUT2D eigenvalue weighted by Gasteiger charge is 2.36. The van der Waals surface area contributed by atoms with Crippen LogP contribution in [0.4, 0.5) is 0 Å². The molecular weight excluding hydrogens is 811 g/mol. The lowest BCUT2D eigenvalue weighted by atomic mass is 9.81. The first kappa shape index (κ1) is 36.6. The Kier molecular flexibility index (Phi) is 7.92. The van der Waals surface area contributed by atoms with Gasteiger partial charge in [0, 0.05) is 69.7 Å². The minimum Gasteiger partial charge on any atom is -0.454 e. The number of amidine groups is 1. The minimum absolute atomic E-state index is 0.0655. The summed E-state index contributed by atoms with van der Waals surface area (Å²) in [4.78, 5) is 11.7. The van der Waals surface area contributed by atoms with Gasteiger partial charge in [-0.3, -0.25) is 4.99 Å². The molecule has 0 saturated carbocycles. The zero-order chi connectivity index (χ0) is 42.8. The molecule has 13 aromatic rings. The molecule has 0 fully saturated rings. The Morgan fingerprint density at radius 2 is 1.17 bits per heavy atom. The summed E-state index contributed by atoms with van der Waals surface area (Å²) in [6, 6.07) is 70.3. The maximum Gasteiger partial charge on any atom is 0.159 e. The molecule has 2 atom stereocenters. The topological polar surface area (TPSA) is 42.8 Å². The standard InChI is InChI=1S/C60H39N3OS/c1-2-39-55(47-25-14-28-53-54(47)46-23-10-12-27-52(46)65-53)61-60(45-24-13-19-35-15-5-7-20-40(35)45)62-56(39)48-32-31-44-42-22-9-11-26-51(42)64-59(44)58(48)63-50-34-38-18-4-3-17-37(38)33-49(50)43-30-29-36-16-6-8-21-41(36)57(43)63/h3-34,39,56H,2H2,1H3. The van der Waals surface area contributed by atoms with Gasteiger partial charge in [0.2, 0.25) is 0 Å². The molecule has 4 heterocycles. The molecule has 65 heavy (non-hydrogen) atoms. The molecule has 0 amide bonds. The normalized spacial score (nSPS) is 15.7. The van der Waals surface area contributed by atoms with Crippen LogP contribution in [0.3, 0.4) is 0 Å². The second-order valence-corrected chi connectivity index (χ2v) is 18.5. The Hall–Kier alpha value is -7.86. The number of aliphatic imine (C=N–C) groups is 2. The summed E-state index contributed by atoms with van der Waals surface area (Å²) in [7, 11) is 0. The molecule has 5 heteroatoms. The van der Waals surface area contributed by atoms with E-state index in [2.05, 4.69) is 206 Å². The van der Waals surface area contributed by atoms with Gasteiger partial charge in [0.15, 0.2) is 11.4 Å². The lowest BCUT2D eigenvalue weighted by Crippen LogP contribution is -2.29. The summed E-state index contributed by atoms with van der Waals surface area (Å²) in [6.07, 6.45) is 0.826. The van der Waals surface area contributed by atoms with Gasteiger partial charge in [-0.15, -0.1) is 11.3 Å². The van der Waals surface area contributed by atoms with Crippen molar-refractivity contribution in [2.75, 3.05) is 0 Å². The highest BCUT2D eigenvalue weighted by atomic mass is 32.1. The van der Waals surface area contributed by atoms with E-state index < -0.39 is 0 Å². The average Bonchev–Trinajstić information content (AvgIpc) is 4.04. The maximum atomic E-state index is 7.18. The molecule has 0 saturated heterocycles. The van der Waals surface area contributed by atoms with Crippen molar-refractivity contribution in [2.24, 2.45) is 15.9 Å². The van der Waals surface area contributed by atoms with E-state index in [0.29, 0.717) is 0 Å². The Morgan fingerprint density at radius 1 is 0.523 bits per heavy atom. The smallest absolute Gasteiger partial charge is 0.159 e. The number of hydrogen-bond acceptors (Lipinski definition) is 4. The summed E-state index contributed by atoms with van der Waals surface area (Å²) in [5.74, 6) is 0.682. The van der Waals surface area contributed by atoms with Crippen molar-refractivity contribution >= 4 is 119 Å². The van der Waals surface area contributed by atoms with E-state index in [0.717, 1.165) is 73.1 Å². The van der Waals surface area contributed by atoms with Crippen LogP contribution in [0.2, 0.25) is 0 Å². The van der Waals surface area contributed by atoms with Gasteiger partial charge in [0.1, 0.15) is 5.58 Å². The second-order valence-electron chi connectivity index (χ2n) is 17.4. The lowest BCUT2D eigenvalue weighted by molar-refractivity contribution is 0.531. The number of furan rings is 1. The van der Waals surface area contributed by atoms with Crippen molar-refractivity contribution in [2.45, 2.75) is 19.4 Å². The Morgan fingerprint density at radius 3 is 2.02 bits per heavy atom. The van der Waals surface area contributed by atoms with Crippen molar-refractivity contribution < 1.29 is 4.42 Å². The largest absolute Gasteiger partial charge is 0.454 e. The summed E-state index contributed by atoms with van der Waals surface area (Å²) < 4.78 is 12.3. The van der Waals surface area contributed by atoms with Crippen LogP contribution in [-0.4, -0.2) is 16.1 Å². The summed E-state index contributed by atoms with van der Waals surface area (Å²) in [5, 5.41) is 14.2. The van der Waals surface area contributed by atoms with Crippen LogP contribution in [0.5, 0.6) is 0 Å². The lowest BCUT2D eigenvalue weighted by Gasteiger charge is -2.32. The summed E-state index contributed by atoms with van der Waals surface area (Å²) in [5.41, 5.74) is 9.42. The van der Waals surface area contributed by atoms with E-state index in [1.54, 1.807) is 0 Å². The molecule has 0 bridgehead atoms. The van der Waals surface area contributed by atoms with E-state index in [4.69, 9.17) is 14.4 Å². The van der Waals surface area contributed by atoms with Gasteiger partial charge in [0.05, 0.1) is 28.5 Å². The first-order chi connectivity index (χ1) is 32.2. The third-order valence-electron chi connectivity index (χ3n) is 14.0. The molecule has 2 unspecified atom stereocenters. The predicted octanol–water partition coefficient (Wildman–Crippen LogP) is 16.5. The number of para-hydroxylation sites is 1. The number of hydrogen-bond donors (Lipinski definition) is 0. The molecule has 306 valence electrons. The summed E-state index contributed by atoms with van der Waals surface area (Å²) in [6.45, 7) is 2.30. The molecule has 0 spiro atoms. The van der Waals surface area contributed by atoms with Crippen molar-refractivity contribution in [1.82, 2.24) is 4.57 Å². The molecule has 14 rings (SSSR count). The van der Waals surface area contributed by atoms with Crippen molar-refractivity contribution in [3.63, 3.8) is 0 Å². The van der Waals surface area contributed by atoms with Crippen LogP contribution in [0.25, 0.3) is 102 Å². The van der Waals surface area contributed by atoms with Crippen LogP contribution in [0.1, 0.15) is 36.1 Å². The number of fused-ring (bicyclic) bond motifs is 13. The number of rotatable bonds is 5. The molecule has 3 aromatic heterocycles. The molecule has 0 radical (unpaired) electrons. The average molecular weight is 850 g/mol. The van der Waals surface area contributed by atoms with Crippen LogP contribution in [-0.2, 0) is 0 Å². The Labute approximate surface area is 378 Å². The van der Waals surface area contributed by atoms with E-state index in [-0.39, 0.29) is 12.0 Å². The van der Waals surface area contributed by atoms with Crippen molar-refractivity contribution in [1.29, 1.82) is 0 Å². The first-order valence-electron chi connectivity index (χ1n) is 22.5. The highest BCUT2D eigenvalue weighted by molar-refractivity contribution is 7.25. The third kappa shape index (κ3) is 5.36. The number of thiophene rings is 1. The highest BCUT2D eigenvalue weighted by Crippen LogP contribution is 2.48. The van der Waals surface area contributed by atoms with Crippen LogP contribution < -0.4 is 0 Å². The zero-order valence-electron chi connectivity index (χ0n) is 35.5.